The molecule has 3 aromatic rings. The van der Waals surface area contributed by atoms with Gasteiger partial charge in [-0.3, -0.25) is 9.59 Å². The van der Waals surface area contributed by atoms with Crippen LogP contribution in [0, 0.1) is 6.92 Å². The van der Waals surface area contributed by atoms with Crippen LogP contribution in [0.3, 0.4) is 0 Å². The Balaban J connectivity index is 1.71. The van der Waals surface area contributed by atoms with E-state index in [9.17, 15) is 9.59 Å². The molecule has 4 rings (SSSR count). The molecule has 1 aliphatic heterocycles. The molecule has 2 amide bonds. The number of fused-ring (bicyclic) bond motifs is 1. The fraction of sp³-hybridized carbons (Fsp3) is 0.250. The number of hydrogen-bond donors (Lipinski definition) is 2. The highest BCUT2D eigenvalue weighted by Gasteiger charge is 2.31. The average Bonchev–Trinajstić information content (AvgIpc) is 3.16. The van der Waals surface area contributed by atoms with Gasteiger partial charge in [0.05, 0.1) is 12.3 Å². The molecule has 2 aromatic carbocycles. The van der Waals surface area contributed by atoms with Crippen LogP contribution >= 0.6 is 11.3 Å². The Bertz CT molecular complexity index is 1120. The number of hydrogen-bond acceptors (Lipinski definition) is 5. The Kier molecular flexibility index (Phi) is 5.95. The zero-order valence-corrected chi connectivity index (χ0v) is 18.3. The molecule has 0 aliphatic carbocycles. The number of carbonyl (C=O) groups excluding carboxylic acids is 2. The van der Waals surface area contributed by atoms with Gasteiger partial charge >= 0.3 is 0 Å². The first kappa shape index (κ1) is 20.9. The molecule has 0 bridgehead atoms. The minimum absolute atomic E-state index is 0.0173. The number of primary amides is 1. The van der Waals surface area contributed by atoms with Gasteiger partial charge in [-0.2, -0.15) is 0 Å². The molecule has 31 heavy (non-hydrogen) atoms. The third kappa shape index (κ3) is 4.41. The van der Waals surface area contributed by atoms with Gasteiger partial charge in [-0.25, -0.2) is 0 Å². The van der Waals surface area contributed by atoms with E-state index >= 15 is 0 Å². The summed E-state index contributed by atoms with van der Waals surface area (Å²) >= 11 is 1.65. The smallest absolute Gasteiger partial charge is 0.255 e. The van der Waals surface area contributed by atoms with Crippen molar-refractivity contribution in [2.45, 2.75) is 26.2 Å². The van der Waals surface area contributed by atoms with Crippen LogP contribution in [0.5, 0.6) is 11.5 Å². The second-order valence-electron chi connectivity index (χ2n) is 7.45. The van der Waals surface area contributed by atoms with Gasteiger partial charge in [0.1, 0.15) is 0 Å². The number of nitrogens with two attached hydrogens (primary N) is 1. The summed E-state index contributed by atoms with van der Waals surface area (Å²) in [7, 11) is 0. The van der Waals surface area contributed by atoms with Gasteiger partial charge < -0.3 is 20.5 Å². The summed E-state index contributed by atoms with van der Waals surface area (Å²) < 4.78 is 11.2. The first-order valence-electron chi connectivity index (χ1n) is 10.1. The van der Waals surface area contributed by atoms with Crippen LogP contribution < -0.4 is 20.5 Å². The quantitative estimate of drug-likeness (QED) is 0.572. The summed E-state index contributed by atoms with van der Waals surface area (Å²) in [5.41, 5.74) is 10.3. The average molecular weight is 437 g/mol. The van der Waals surface area contributed by atoms with Crippen LogP contribution in [0.1, 0.15) is 35.3 Å². The van der Waals surface area contributed by atoms with Crippen molar-refractivity contribution in [2.75, 3.05) is 18.5 Å². The molecular weight excluding hydrogens is 412 g/mol. The van der Waals surface area contributed by atoms with Crippen LogP contribution in [0.25, 0.3) is 11.1 Å². The van der Waals surface area contributed by atoms with Crippen molar-refractivity contribution in [3.8, 4) is 22.6 Å². The molecule has 0 fully saturated rings. The van der Waals surface area contributed by atoms with Crippen molar-refractivity contribution in [1.29, 1.82) is 0 Å². The van der Waals surface area contributed by atoms with E-state index in [1.165, 1.54) is 5.56 Å². The molecule has 1 aliphatic rings. The molecule has 0 spiro atoms. The van der Waals surface area contributed by atoms with Gasteiger partial charge in [0.15, 0.2) is 18.1 Å². The lowest BCUT2D eigenvalue weighted by molar-refractivity contribution is -0.120. The number of rotatable bonds is 7. The predicted octanol–water partition coefficient (Wildman–Crippen LogP) is 4.46. The summed E-state index contributed by atoms with van der Waals surface area (Å²) in [6.07, 6.45) is 0.355. The number of amides is 2. The zero-order chi connectivity index (χ0) is 22.0. The van der Waals surface area contributed by atoms with Crippen molar-refractivity contribution in [1.82, 2.24) is 0 Å². The molecule has 0 radical (unpaired) electrons. The molecule has 2 heterocycles. The SMILES string of the molecule is CCOc1cc([C@@H]2CC(=O)Nc3c(-c4ccc(C)cc4)csc32)ccc1OCC(N)=O. The van der Waals surface area contributed by atoms with E-state index in [0.717, 1.165) is 27.3 Å². The number of ether oxygens (including phenoxy) is 2. The molecule has 0 unspecified atom stereocenters. The second-order valence-corrected chi connectivity index (χ2v) is 8.36. The molecule has 3 N–H and O–H groups in total. The first-order valence-corrected chi connectivity index (χ1v) is 11.0. The van der Waals surface area contributed by atoms with Gasteiger partial charge in [0.25, 0.3) is 5.91 Å². The maximum absolute atomic E-state index is 12.6. The monoisotopic (exact) mass is 436 g/mol. The minimum Gasteiger partial charge on any atom is -0.490 e. The molecular formula is C24H24N2O4S. The van der Waals surface area contributed by atoms with E-state index < -0.39 is 5.91 Å². The highest BCUT2D eigenvalue weighted by molar-refractivity contribution is 7.11. The molecule has 6 nitrogen and oxygen atoms in total. The van der Waals surface area contributed by atoms with E-state index in [4.69, 9.17) is 15.2 Å². The number of benzene rings is 2. The van der Waals surface area contributed by atoms with E-state index in [1.807, 2.05) is 19.1 Å². The van der Waals surface area contributed by atoms with Gasteiger partial charge in [0.2, 0.25) is 5.91 Å². The Hall–Kier alpha value is -3.32. The third-order valence-corrected chi connectivity index (χ3v) is 6.29. The molecule has 1 aromatic heterocycles. The zero-order valence-electron chi connectivity index (χ0n) is 17.4. The topological polar surface area (TPSA) is 90.7 Å². The molecule has 1 atom stereocenters. The van der Waals surface area contributed by atoms with Gasteiger partial charge in [-0.05, 0) is 37.1 Å². The van der Waals surface area contributed by atoms with Gasteiger partial charge in [0, 0.05) is 28.2 Å². The Morgan fingerprint density at radius 3 is 2.65 bits per heavy atom. The van der Waals surface area contributed by atoms with E-state index in [0.29, 0.717) is 24.5 Å². The standard InChI is InChI=1S/C24H24N2O4S/c1-3-29-20-10-16(8-9-19(20)30-12-21(25)27)17-11-22(28)26-23-18(13-31-24(17)23)15-6-4-14(2)5-7-15/h4-10,13,17H,3,11-12H2,1-2H3,(H2,25,27)(H,26,28)/t17-/m0/s1. The van der Waals surface area contributed by atoms with Gasteiger partial charge in [-0.15, -0.1) is 11.3 Å². The number of thiophene rings is 1. The van der Waals surface area contributed by atoms with E-state index in [1.54, 1.807) is 17.4 Å². The lowest BCUT2D eigenvalue weighted by Crippen LogP contribution is -2.22. The van der Waals surface area contributed by atoms with Crippen molar-refractivity contribution >= 4 is 28.8 Å². The van der Waals surface area contributed by atoms with Crippen LogP contribution in [0.2, 0.25) is 0 Å². The number of anilines is 1. The Labute approximate surface area is 185 Å². The molecule has 160 valence electrons. The predicted molar refractivity (Wildman–Crippen MR) is 122 cm³/mol. The number of aryl methyl sites for hydroxylation is 1. The molecule has 0 saturated carbocycles. The van der Waals surface area contributed by atoms with Crippen LogP contribution in [0.15, 0.2) is 47.8 Å². The summed E-state index contributed by atoms with van der Waals surface area (Å²) in [6, 6.07) is 13.9. The lowest BCUT2D eigenvalue weighted by Gasteiger charge is -2.25. The largest absolute Gasteiger partial charge is 0.490 e. The van der Waals surface area contributed by atoms with E-state index in [2.05, 4.69) is 41.9 Å². The summed E-state index contributed by atoms with van der Waals surface area (Å²) in [5.74, 6) is 0.330. The van der Waals surface area contributed by atoms with Crippen molar-refractivity contribution in [2.24, 2.45) is 5.73 Å². The summed E-state index contributed by atoms with van der Waals surface area (Å²) in [5, 5.41) is 5.17. The second kappa shape index (κ2) is 8.81. The summed E-state index contributed by atoms with van der Waals surface area (Å²) in [6.45, 7) is 4.16. The maximum Gasteiger partial charge on any atom is 0.255 e. The van der Waals surface area contributed by atoms with Crippen molar-refractivity contribution < 1.29 is 19.1 Å². The lowest BCUT2D eigenvalue weighted by atomic mass is 9.89. The fourth-order valence-electron chi connectivity index (χ4n) is 3.72. The Morgan fingerprint density at radius 1 is 1.16 bits per heavy atom. The van der Waals surface area contributed by atoms with Gasteiger partial charge in [-0.1, -0.05) is 35.9 Å². The highest BCUT2D eigenvalue weighted by atomic mass is 32.1. The Morgan fingerprint density at radius 2 is 1.94 bits per heavy atom. The van der Waals surface area contributed by atoms with Crippen molar-refractivity contribution in [3.63, 3.8) is 0 Å². The van der Waals surface area contributed by atoms with Crippen LogP contribution in [0.4, 0.5) is 5.69 Å². The number of carbonyl (C=O) groups is 2. The molecule has 7 heteroatoms. The van der Waals surface area contributed by atoms with Crippen molar-refractivity contribution in [3.05, 3.63) is 63.8 Å². The minimum atomic E-state index is -0.553. The number of nitrogens with one attached hydrogen (secondary N) is 1. The highest BCUT2D eigenvalue weighted by Crippen LogP contribution is 2.47. The van der Waals surface area contributed by atoms with Crippen LogP contribution in [-0.4, -0.2) is 25.0 Å². The van der Waals surface area contributed by atoms with Crippen LogP contribution in [-0.2, 0) is 9.59 Å². The summed E-state index contributed by atoms with van der Waals surface area (Å²) in [4.78, 5) is 24.8. The fourth-order valence-corrected chi connectivity index (χ4v) is 4.88. The third-order valence-electron chi connectivity index (χ3n) is 5.19. The first-order chi connectivity index (χ1) is 15.0. The normalized spacial score (nSPS) is 15.2. The van der Waals surface area contributed by atoms with E-state index in [-0.39, 0.29) is 18.4 Å². The maximum atomic E-state index is 12.6. The molecule has 0 saturated heterocycles.